The molecule has 0 radical (unpaired) electrons. The monoisotopic (exact) mass is 585 g/mol. The van der Waals surface area contributed by atoms with Crippen molar-refractivity contribution in [1.82, 2.24) is 23.7 Å². The Morgan fingerprint density at radius 2 is 1.88 bits per heavy atom. The van der Waals surface area contributed by atoms with Gasteiger partial charge in [-0.2, -0.15) is 17.5 Å². The van der Waals surface area contributed by atoms with Crippen LogP contribution < -0.4 is 10.6 Å². The topological polar surface area (TPSA) is 122 Å². The standard InChI is InChI=1S/C27H26F3N7O3S/c1-3-41(39,40)37-14-5-4-6-20(37)25-35-22(23-24(31-2)33-13-15-36(23)25)17-7-9-18(10-8-17)26(38)34-21-16-19(11-12-32-21)27(28,29)30/h3,7-13,15-16,20H,1,4-6,14H2,2H3,(H,31,33)(H,32,34,38). The highest BCUT2D eigenvalue weighted by Crippen LogP contribution is 2.38. The average molecular weight is 586 g/mol. The van der Waals surface area contributed by atoms with E-state index in [1.54, 1.807) is 31.6 Å². The molecule has 14 heteroatoms. The Morgan fingerprint density at radius 1 is 1.12 bits per heavy atom. The number of pyridine rings is 1. The van der Waals surface area contributed by atoms with Crippen LogP contribution in [0.15, 0.2) is 67.0 Å². The largest absolute Gasteiger partial charge is 0.416 e. The summed E-state index contributed by atoms with van der Waals surface area (Å²) < 4.78 is 67.9. The molecule has 1 unspecified atom stereocenters. The normalized spacial score (nSPS) is 16.4. The van der Waals surface area contributed by atoms with Gasteiger partial charge in [-0.25, -0.2) is 23.4 Å². The fraction of sp³-hybridized carbons (Fsp3) is 0.259. The lowest BCUT2D eigenvalue weighted by molar-refractivity contribution is -0.137. The SMILES string of the molecule is C=CS(=O)(=O)N1CCCCC1c1nc(-c2ccc(C(=O)Nc3cc(C(F)(F)F)ccn3)cc2)c2c(NC)nccn12. The lowest BCUT2D eigenvalue weighted by Gasteiger charge is -2.32. The number of hydrogen-bond donors (Lipinski definition) is 2. The van der Waals surface area contributed by atoms with Crippen LogP contribution in [0.3, 0.4) is 0 Å². The van der Waals surface area contributed by atoms with E-state index in [9.17, 15) is 26.4 Å². The number of hydrogen-bond acceptors (Lipinski definition) is 7. The first kappa shape index (κ1) is 28.2. The molecule has 214 valence electrons. The Labute approximate surface area is 234 Å². The summed E-state index contributed by atoms with van der Waals surface area (Å²) in [6.07, 6.45) is 1.85. The Bertz CT molecular complexity index is 1720. The van der Waals surface area contributed by atoms with Crippen LogP contribution in [0.4, 0.5) is 24.8 Å². The van der Waals surface area contributed by atoms with Gasteiger partial charge < -0.3 is 10.6 Å². The zero-order valence-corrected chi connectivity index (χ0v) is 22.7. The van der Waals surface area contributed by atoms with E-state index in [1.807, 2.05) is 4.40 Å². The van der Waals surface area contributed by atoms with Crippen molar-refractivity contribution in [3.8, 4) is 11.3 Å². The van der Waals surface area contributed by atoms with Crippen molar-refractivity contribution in [1.29, 1.82) is 0 Å². The van der Waals surface area contributed by atoms with E-state index in [0.717, 1.165) is 36.6 Å². The second-order valence-electron chi connectivity index (χ2n) is 9.36. The number of carbonyl (C=O) groups excluding carboxylic acids is 1. The molecule has 4 heterocycles. The van der Waals surface area contributed by atoms with Crippen LogP contribution in [-0.4, -0.2) is 51.6 Å². The second-order valence-corrected chi connectivity index (χ2v) is 11.2. The molecular formula is C27H26F3N7O3S. The number of amides is 1. The van der Waals surface area contributed by atoms with Gasteiger partial charge in [-0.1, -0.05) is 25.1 Å². The van der Waals surface area contributed by atoms with E-state index in [0.29, 0.717) is 41.4 Å². The molecule has 5 rings (SSSR count). The first-order valence-electron chi connectivity index (χ1n) is 12.7. The molecule has 1 atom stereocenters. The minimum Gasteiger partial charge on any atom is -0.371 e. The van der Waals surface area contributed by atoms with E-state index < -0.39 is 33.7 Å². The van der Waals surface area contributed by atoms with Gasteiger partial charge in [-0.15, -0.1) is 0 Å². The molecular weight excluding hydrogens is 559 g/mol. The molecule has 0 saturated carbocycles. The van der Waals surface area contributed by atoms with E-state index in [4.69, 9.17) is 4.98 Å². The Kier molecular flexibility index (Phi) is 7.53. The maximum atomic E-state index is 13.0. The third kappa shape index (κ3) is 5.52. The number of carbonyl (C=O) groups is 1. The number of rotatable bonds is 7. The summed E-state index contributed by atoms with van der Waals surface area (Å²) in [5.41, 5.74) is 1.04. The highest BCUT2D eigenvalue weighted by molar-refractivity contribution is 7.92. The van der Waals surface area contributed by atoms with E-state index in [1.165, 1.54) is 16.4 Å². The highest BCUT2D eigenvalue weighted by atomic mass is 32.2. The number of nitrogens with one attached hydrogen (secondary N) is 2. The zero-order chi connectivity index (χ0) is 29.4. The quantitative estimate of drug-likeness (QED) is 0.309. The first-order chi connectivity index (χ1) is 19.5. The van der Waals surface area contributed by atoms with E-state index >= 15 is 0 Å². The summed E-state index contributed by atoms with van der Waals surface area (Å²) in [4.78, 5) is 25.9. The fourth-order valence-electron chi connectivity index (χ4n) is 4.89. The maximum absolute atomic E-state index is 13.0. The first-order valence-corrected chi connectivity index (χ1v) is 14.2. The van der Waals surface area contributed by atoms with Crippen LogP contribution in [0.25, 0.3) is 16.8 Å². The number of fused-ring (bicyclic) bond motifs is 1. The molecule has 4 aromatic rings. The molecule has 0 bridgehead atoms. The molecule has 1 fully saturated rings. The summed E-state index contributed by atoms with van der Waals surface area (Å²) in [5.74, 6) is 0.183. The number of halogens is 3. The molecule has 1 aromatic carbocycles. The lowest BCUT2D eigenvalue weighted by Crippen LogP contribution is -2.38. The number of alkyl halides is 3. The zero-order valence-electron chi connectivity index (χ0n) is 21.9. The number of piperidine rings is 1. The third-order valence-electron chi connectivity index (χ3n) is 6.86. The number of anilines is 2. The lowest BCUT2D eigenvalue weighted by atomic mass is 10.0. The van der Waals surface area contributed by atoms with Gasteiger partial charge in [0.1, 0.15) is 22.9 Å². The van der Waals surface area contributed by atoms with Crippen LogP contribution in [0.2, 0.25) is 0 Å². The number of imidazole rings is 1. The van der Waals surface area contributed by atoms with Crippen molar-refractivity contribution in [3.05, 3.63) is 83.9 Å². The summed E-state index contributed by atoms with van der Waals surface area (Å²) in [6.45, 7) is 3.82. The van der Waals surface area contributed by atoms with Gasteiger partial charge in [0.2, 0.25) is 10.0 Å². The van der Waals surface area contributed by atoms with Crippen LogP contribution in [0.5, 0.6) is 0 Å². The molecule has 41 heavy (non-hydrogen) atoms. The van der Waals surface area contributed by atoms with Gasteiger partial charge in [-0.05, 0) is 37.1 Å². The third-order valence-corrected chi connectivity index (χ3v) is 8.37. The maximum Gasteiger partial charge on any atom is 0.416 e. The number of benzene rings is 1. The Balaban J connectivity index is 1.51. The highest BCUT2D eigenvalue weighted by Gasteiger charge is 2.35. The summed E-state index contributed by atoms with van der Waals surface area (Å²) in [5, 5.41) is 6.38. The van der Waals surface area contributed by atoms with Crippen molar-refractivity contribution < 1.29 is 26.4 Å². The molecule has 1 amide bonds. The van der Waals surface area contributed by atoms with Gasteiger partial charge in [0.25, 0.3) is 5.91 Å². The summed E-state index contributed by atoms with van der Waals surface area (Å²) in [6, 6.07) is 7.42. The van der Waals surface area contributed by atoms with Crippen LogP contribution >= 0.6 is 0 Å². The summed E-state index contributed by atoms with van der Waals surface area (Å²) >= 11 is 0. The van der Waals surface area contributed by atoms with Crippen LogP contribution in [0, 0.1) is 0 Å². The van der Waals surface area contributed by atoms with Gasteiger partial charge in [0.15, 0.2) is 5.82 Å². The van der Waals surface area contributed by atoms with Crippen molar-refractivity contribution in [3.63, 3.8) is 0 Å². The Hall–Kier alpha value is -4.30. The van der Waals surface area contributed by atoms with Crippen molar-refractivity contribution in [2.24, 2.45) is 0 Å². The van der Waals surface area contributed by atoms with Gasteiger partial charge in [-0.3, -0.25) is 9.20 Å². The second kappa shape index (κ2) is 10.9. The number of sulfonamides is 1. The predicted molar refractivity (Wildman–Crippen MR) is 148 cm³/mol. The predicted octanol–water partition coefficient (Wildman–Crippen LogP) is 5.10. The summed E-state index contributed by atoms with van der Waals surface area (Å²) in [7, 11) is -2.00. The molecule has 2 N–H and O–H groups in total. The molecule has 0 spiro atoms. The molecule has 10 nitrogen and oxygen atoms in total. The fourth-order valence-corrected chi connectivity index (χ4v) is 6.02. The number of aromatic nitrogens is 4. The van der Waals surface area contributed by atoms with Crippen LogP contribution in [-0.2, 0) is 16.2 Å². The van der Waals surface area contributed by atoms with Crippen LogP contribution in [0.1, 0.15) is 47.1 Å². The molecule has 1 saturated heterocycles. The number of nitrogens with zero attached hydrogens (tertiary/aromatic N) is 5. The van der Waals surface area contributed by atoms with Gasteiger partial charge in [0, 0.05) is 48.7 Å². The van der Waals surface area contributed by atoms with Gasteiger partial charge in [0.05, 0.1) is 11.6 Å². The van der Waals surface area contributed by atoms with Crippen molar-refractivity contribution in [2.45, 2.75) is 31.5 Å². The molecule has 3 aromatic heterocycles. The minimum absolute atomic E-state index is 0.194. The van der Waals surface area contributed by atoms with Crippen molar-refractivity contribution in [2.75, 3.05) is 24.2 Å². The van der Waals surface area contributed by atoms with Crippen molar-refractivity contribution >= 4 is 33.1 Å². The molecule has 1 aliphatic rings. The van der Waals surface area contributed by atoms with E-state index in [2.05, 4.69) is 27.2 Å². The Morgan fingerprint density at radius 3 is 2.56 bits per heavy atom. The average Bonchev–Trinajstić information content (AvgIpc) is 3.37. The van der Waals surface area contributed by atoms with E-state index in [-0.39, 0.29) is 11.4 Å². The smallest absolute Gasteiger partial charge is 0.371 e. The molecule has 0 aliphatic carbocycles. The van der Waals surface area contributed by atoms with Gasteiger partial charge >= 0.3 is 6.18 Å². The minimum atomic E-state index is -4.57. The molecule has 1 aliphatic heterocycles.